The lowest BCUT2D eigenvalue weighted by Gasteiger charge is -2.15. The fraction of sp³-hybridized carbons (Fsp3) is 0.462. The highest BCUT2D eigenvalue weighted by atomic mass is 32.2. The van der Waals surface area contributed by atoms with Crippen LogP contribution in [-0.4, -0.2) is 18.2 Å². The molecule has 0 amide bonds. The Balaban J connectivity index is 2.54. The molecular weight excluding hydrogens is 262 g/mol. The molecule has 19 heavy (non-hydrogen) atoms. The van der Waals surface area contributed by atoms with Crippen LogP contribution in [0.15, 0.2) is 24.4 Å². The third-order valence-electron chi connectivity index (χ3n) is 3.18. The first-order valence-corrected chi connectivity index (χ1v) is 7.75. The van der Waals surface area contributed by atoms with E-state index in [-0.39, 0.29) is 0 Å². The van der Waals surface area contributed by atoms with Crippen molar-refractivity contribution < 1.29 is 12.5 Å². The van der Waals surface area contributed by atoms with Gasteiger partial charge in [-0.1, -0.05) is 31.9 Å². The monoisotopic (exact) mass is 284 g/mol. The fourth-order valence-corrected chi connectivity index (χ4v) is 3.17. The number of rotatable bonds is 5. The zero-order chi connectivity index (χ0) is 16.5. The zero-order valence-electron chi connectivity index (χ0n) is 13.7. The predicted molar refractivity (Wildman–Crippen MR) is 76.1 cm³/mol. The zero-order valence-corrected chi connectivity index (χ0v) is 11.5. The maximum Gasteiger partial charge on any atom is 0.216 e. The molecule has 0 saturated heterocycles. The molecule has 0 aliphatic rings. The molecule has 2 N–H and O–H groups in total. The first-order valence-electron chi connectivity index (χ1n) is 7.64. The minimum absolute atomic E-state index is 0.377. The molecular formula is C13H19N3O2S. The summed E-state index contributed by atoms with van der Waals surface area (Å²) in [5, 5.41) is 9.01. The summed E-state index contributed by atoms with van der Waals surface area (Å²) >= 11 is 0. The first kappa shape index (κ1) is 10.4. The largest absolute Gasteiger partial charge is 0.268 e. The van der Waals surface area contributed by atoms with E-state index >= 15 is 0 Å². The Morgan fingerprint density at radius 1 is 1.53 bits per heavy atom. The van der Waals surface area contributed by atoms with Crippen molar-refractivity contribution in [1.82, 2.24) is 9.78 Å². The molecule has 0 spiro atoms. The average Bonchev–Trinajstić information content (AvgIpc) is 2.80. The topological polar surface area (TPSA) is 78.0 Å². The third kappa shape index (κ3) is 2.96. The Morgan fingerprint density at radius 2 is 2.32 bits per heavy atom. The highest BCUT2D eigenvalue weighted by Crippen LogP contribution is 2.28. The van der Waals surface area contributed by atoms with Gasteiger partial charge in [-0.2, -0.15) is 5.10 Å². The van der Waals surface area contributed by atoms with Gasteiger partial charge in [-0.3, -0.25) is 4.68 Å². The van der Waals surface area contributed by atoms with Gasteiger partial charge in [0.05, 0.1) is 11.7 Å². The van der Waals surface area contributed by atoms with E-state index in [0.29, 0.717) is 22.9 Å². The van der Waals surface area contributed by atoms with Crippen LogP contribution in [0.1, 0.15) is 41.1 Å². The molecule has 2 rings (SSSR count). The molecule has 1 atom stereocenters. The van der Waals surface area contributed by atoms with Crippen LogP contribution in [0.4, 0.5) is 0 Å². The Kier molecular flexibility index (Phi) is 2.90. The standard InChI is InChI=1S/C13H19N3O2S/c1-3-4-5-13(19(14,17)18)10-6-7-11-9-15-16(2)12(11)8-10/h6-9,13H,3-5H2,1-2H3,(H2,14,17,18)/i2D3. The van der Waals surface area contributed by atoms with Gasteiger partial charge in [0.2, 0.25) is 10.0 Å². The van der Waals surface area contributed by atoms with Crippen LogP contribution in [0.25, 0.3) is 10.9 Å². The SMILES string of the molecule is [2H]C([2H])([2H])n1ncc2ccc(C(CCCC)S(N)(=O)=O)cc21. The number of fused-ring (bicyclic) bond motifs is 1. The Hall–Kier alpha value is -1.40. The number of benzene rings is 1. The number of hydrogen-bond donors (Lipinski definition) is 1. The summed E-state index contributed by atoms with van der Waals surface area (Å²) in [5.74, 6) is 0. The number of sulfonamides is 1. The molecule has 0 aliphatic carbocycles. The summed E-state index contributed by atoms with van der Waals surface area (Å²) in [4.78, 5) is 0. The van der Waals surface area contributed by atoms with Crippen molar-refractivity contribution >= 4 is 20.9 Å². The molecule has 0 bridgehead atoms. The second-order valence-corrected chi connectivity index (χ2v) is 6.34. The predicted octanol–water partition coefficient (Wildman–Crippen LogP) is 2.09. The maximum atomic E-state index is 11.8. The Labute approximate surface area is 117 Å². The van der Waals surface area contributed by atoms with E-state index in [4.69, 9.17) is 9.25 Å². The normalized spacial score (nSPS) is 16.8. The molecule has 5 nitrogen and oxygen atoms in total. The van der Waals surface area contributed by atoms with Gasteiger partial charge in [0.15, 0.2) is 0 Å². The van der Waals surface area contributed by atoms with E-state index in [2.05, 4.69) is 5.10 Å². The van der Waals surface area contributed by atoms with E-state index in [1.165, 1.54) is 6.20 Å². The maximum absolute atomic E-state index is 11.8. The van der Waals surface area contributed by atoms with Crippen molar-refractivity contribution in [2.24, 2.45) is 12.1 Å². The van der Waals surface area contributed by atoms with Gasteiger partial charge in [-0.15, -0.1) is 0 Å². The number of hydrogen-bond acceptors (Lipinski definition) is 3. The molecule has 6 heteroatoms. The average molecular weight is 284 g/mol. The van der Waals surface area contributed by atoms with Crippen LogP contribution in [0, 0.1) is 0 Å². The lowest BCUT2D eigenvalue weighted by Crippen LogP contribution is -2.21. The van der Waals surface area contributed by atoms with E-state index in [1.54, 1.807) is 18.2 Å². The van der Waals surface area contributed by atoms with Crippen LogP contribution >= 0.6 is 0 Å². The van der Waals surface area contributed by atoms with Gasteiger partial charge >= 0.3 is 0 Å². The second-order valence-electron chi connectivity index (χ2n) is 4.59. The first-order chi connectivity index (χ1) is 10.1. The summed E-state index contributed by atoms with van der Waals surface area (Å²) in [6, 6.07) is 4.89. The molecule has 1 aromatic carbocycles. The van der Waals surface area contributed by atoms with Gasteiger partial charge in [0.1, 0.15) is 5.25 Å². The van der Waals surface area contributed by atoms with Crippen LogP contribution in [-0.2, 0) is 17.0 Å². The second kappa shape index (κ2) is 5.30. The number of unbranched alkanes of at least 4 members (excludes halogenated alkanes) is 1. The quantitative estimate of drug-likeness (QED) is 0.913. The van der Waals surface area contributed by atoms with E-state index in [0.717, 1.165) is 17.5 Å². The van der Waals surface area contributed by atoms with Crippen LogP contribution in [0.3, 0.4) is 0 Å². The van der Waals surface area contributed by atoms with Crippen LogP contribution in [0.2, 0.25) is 0 Å². The minimum atomic E-state index is -3.76. The number of aryl methyl sites for hydroxylation is 1. The van der Waals surface area contributed by atoms with Crippen molar-refractivity contribution in [1.29, 1.82) is 0 Å². The van der Waals surface area contributed by atoms with Crippen LogP contribution < -0.4 is 5.14 Å². The lowest BCUT2D eigenvalue weighted by molar-refractivity contribution is 0.570. The molecule has 1 heterocycles. The number of nitrogens with zero attached hydrogens (tertiary/aromatic N) is 2. The summed E-state index contributed by atoms with van der Waals surface area (Å²) in [5.41, 5.74) is 0.872. The van der Waals surface area contributed by atoms with Crippen molar-refractivity contribution in [2.45, 2.75) is 31.4 Å². The van der Waals surface area contributed by atoms with Crippen molar-refractivity contribution in [3.05, 3.63) is 30.0 Å². The molecule has 104 valence electrons. The number of aromatic nitrogens is 2. The van der Waals surface area contributed by atoms with Gasteiger partial charge in [-0.05, 0) is 18.1 Å². The Morgan fingerprint density at radius 3 is 2.95 bits per heavy atom. The van der Waals surface area contributed by atoms with E-state index in [1.807, 2.05) is 6.92 Å². The minimum Gasteiger partial charge on any atom is -0.268 e. The molecule has 0 fully saturated rings. The van der Waals surface area contributed by atoms with E-state index in [9.17, 15) is 8.42 Å². The number of primary sulfonamides is 1. The van der Waals surface area contributed by atoms with Crippen LogP contribution in [0.5, 0.6) is 0 Å². The molecule has 0 radical (unpaired) electrons. The molecule has 1 aromatic heterocycles. The molecule has 2 aromatic rings. The highest BCUT2D eigenvalue weighted by molar-refractivity contribution is 7.89. The third-order valence-corrected chi connectivity index (χ3v) is 4.48. The summed E-state index contributed by atoms with van der Waals surface area (Å²) in [6.45, 7) is -0.450. The molecule has 0 saturated carbocycles. The number of nitrogens with two attached hydrogens (primary N) is 1. The summed E-state index contributed by atoms with van der Waals surface area (Å²) in [6.07, 6.45) is 3.42. The van der Waals surface area contributed by atoms with Crippen molar-refractivity contribution in [2.75, 3.05) is 0 Å². The molecule has 0 aliphatic heterocycles. The fourth-order valence-electron chi connectivity index (χ4n) is 2.15. The smallest absolute Gasteiger partial charge is 0.216 e. The summed E-state index contributed by atoms with van der Waals surface area (Å²) < 4.78 is 47.0. The lowest BCUT2D eigenvalue weighted by atomic mass is 10.1. The van der Waals surface area contributed by atoms with Gasteiger partial charge in [0, 0.05) is 16.5 Å². The van der Waals surface area contributed by atoms with Crippen molar-refractivity contribution in [3.63, 3.8) is 0 Å². The van der Waals surface area contributed by atoms with Gasteiger partial charge < -0.3 is 0 Å². The van der Waals surface area contributed by atoms with Gasteiger partial charge in [-0.25, -0.2) is 13.6 Å². The molecule has 1 unspecified atom stereocenters. The van der Waals surface area contributed by atoms with E-state index < -0.39 is 22.2 Å². The van der Waals surface area contributed by atoms with Crippen molar-refractivity contribution in [3.8, 4) is 0 Å². The Bertz CT molecular complexity index is 768. The summed E-state index contributed by atoms with van der Waals surface area (Å²) in [7, 11) is -3.76. The highest BCUT2D eigenvalue weighted by Gasteiger charge is 2.23. The van der Waals surface area contributed by atoms with Gasteiger partial charge in [0.25, 0.3) is 0 Å².